The van der Waals surface area contributed by atoms with Crippen LogP contribution in [0.4, 0.5) is 0 Å². The van der Waals surface area contributed by atoms with Crippen molar-refractivity contribution in [1.29, 1.82) is 0 Å². The first kappa shape index (κ1) is 10.9. The molecule has 86 valence electrons. The summed E-state index contributed by atoms with van der Waals surface area (Å²) in [5.74, 6) is 0.275. The molecule has 2 saturated heterocycles. The summed E-state index contributed by atoms with van der Waals surface area (Å²) < 4.78 is 5.66. The molecule has 0 saturated carbocycles. The Kier molecular flexibility index (Phi) is 3.26. The van der Waals surface area contributed by atoms with Crippen molar-refractivity contribution < 1.29 is 9.53 Å². The van der Waals surface area contributed by atoms with Gasteiger partial charge in [0.15, 0.2) is 0 Å². The Bertz CT molecular complexity index is 245. The van der Waals surface area contributed by atoms with Crippen LogP contribution in [0.5, 0.6) is 0 Å². The topological polar surface area (TPSA) is 50.4 Å². The molecule has 4 nitrogen and oxygen atoms in total. The average molecular weight is 212 g/mol. The van der Waals surface area contributed by atoms with Crippen molar-refractivity contribution >= 4 is 5.91 Å². The summed E-state index contributed by atoms with van der Waals surface area (Å²) in [6.07, 6.45) is 3.67. The number of amides is 1. The number of likely N-dealkylation sites (N-methyl/N-ethyl adjacent to an activating group) is 1. The lowest BCUT2D eigenvalue weighted by Gasteiger charge is -2.19. The van der Waals surface area contributed by atoms with Crippen LogP contribution in [-0.4, -0.2) is 37.7 Å². The maximum Gasteiger partial charge on any atom is 0.225 e. The number of hydrogen-bond acceptors (Lipinski definition) is 3. The van der Waals surface area contributed by atoms with Gasteiger partial charge in [-0.1, -0.05) is 0 Å². The van der Waals surface area contributed by atoms with E-state index >= 15 is 0 Å². The number of rotatable bonds is 4. The minimum atomic E-state index is 0.104. The van der Waals surface area contributed by atoms with E-state index in [0.717, 1.165) is 19.3 Å². The number of carbonyl (C=O) groups excluding carboxylic acids is 1. The zero-order valence-electron chi connectivity index (χ0n) is 9.45. The van der Waals surface area contributed by atoms with Gasteiger partial charge in [-0.3, -0.25) is 4.79 Å². The van der Waals surface area contributed by atoms with E-state index < -0.39 is 0 Å². The SMILES string of the molecule is CNC(C)CNC(=O)C1CC2CCC1O2. The summed E-state index contributed by atoms with van der Waals surface area (Å²) in [6, 6.07) is 0.327. The van der Waals surface area contributed by atoms with E-state index in [0.29, 0.717) is 18.7 Å². The fourth-order valence-electron chi connectivity index (χ4n) is 2.40. The number of hydrogen-bond donors (Lipinski definition) is 2. The van der Waals surface area contributed by atoms with Crippen molar-refractivity contribution in [3.8, 4) is 0 Å². The molecule has 0 aromatic rings. The first-order chi connectivity index (χ1) is 7.20. The molecular formula is C11H20N2O2. The van der Waals surface area contributed by atoms with Crippen molar-refractivity contribution in [2.24, 2.45) is 5.92 Å². The van der Waals surface area contributed by atoms with Crippen molar-refractivity contribution in [3.63, 3.8) is 0 Å². The maximum atomic E-state index is 11.8. The van der Waals surface area contributed by atoms with Gasteiger partial charge in [0.05, 0.1) is 18.1 Å². The van der Waals surface area contributed by atoms with Gasteiger partial charge in [-0.05, 0) is 33.2 Å². The van der Waals surface area contributed by atoms with Crippen molar-refractivity contribution in [2.45, 2.75) is 44.4 Å². The standard InChI is InChI=1S/C11H20N2O2/c1-7(12-2)6-13-11(14)9-5-8-3-4-10(9)15-8/h7-10,12H,3-6H2,1-2H3,(H,13,14). The maximum absolute atomic E-state index is 11.8. The zero-order chi connectivity index (χ0) is 10.8. The molecule has 0 aromatic carbocycles. The smallest absolute Gasteiger partial charge is 0.225 e. The largest absolute Gasteiger partial charge is 0.374 e. The molecule has 2 heterocycles. The Hall–Kier alpha value is -0.610. The third-order valence-electron chi connectivity index (χ3n) is 3.52. The third-order valence-corrected chi connectivity index (χ3v) is 3.52. The van der Waals surface area contributed by atoms with Crippen LogP contribution in [0.2, 0.25) is 0 Å². The monoisotopic (exact) mass is 212 g/mol. The molecule has 0 aromatic heterocycles. The summed E-state index contributed by atoms with van der Waals surface area (Å²) in [5.41, 5.74) is 0. The van der Waals surface area contributed by atoms with Gasteiger partial charge >= 0.3 is 0 Å². The number of nitrogens with one attached hydrogen (secondary N) is 2. The third kappa shape index (κ3) is 2.32. The zero-order valence-corrected chi connectivity index (χ0v) is 9.45. The Labute approximate surface area is 90.8 Å². The van der Waals surface area contributed by atoms with Crippen LogP contribution < -0.4 is 10.6 Å². The van der Waals surface area contributed by atoms with Gasteiger partial charge in [0.2, 0.25) is 5.91 Å². The summed E-state index contributed by atoms with van der Waals surface area (Å²) in [6.45, 7) is 2.75. The van der Waals surface area contributed by atoms with Crippen molar-refractivity contribution in [3.05, 3.63) is 0 Å². The minimum Gasteiger partial charge on any atom is -0.374 e. The molecule has 2 fully saturated rings. The van der Waals surface area contributed by atoms with Crippen molar-refractivity contribution in [2.75, 3.05) is 13.6 Å². The highest BCUT2D eigenvalue weighted by Gasteiger charge is 2.44. The van der Waals surface area contributed by atoms with Gasteiger partial charge in [0, 0.05) is 12.6 Å². The first-order valence-corrected chi connectivity index (χ1v) is 5.81. The Morgan fingerprint density at radius 3 is 2.87 bits per heavy atom. The highest BCUT2D eigenvalue weighted by Crippen LogP contribution is 2.38. The van der Waals surface area contributed by atoms with Crippen LogP contribution in [0.15, 0.2) is 0 Å². The predicted molar refractivity (Wildman–Crippen MR) is 57.5 cm³/mol. The van der Waals surface area contributed by atoms with Crippen LogP contribution in [0.3, 0.4) is 0 Å². The highest BCUT2D eigenvalue weighted by atomic mass is 16.5. The molecule has 1 amide bonds. The van der Waals surface area contributed by atoms with E-state index in [-0.39, 0.29) is 17.9 Å². The summed E-state index contributed by atoms with van der Waals surface area (Å²) in [4.78, 5) is 11.8. The normalized spacial score (nSPS) is 35.5. The fourth-order valence-corrected chi connectivity index (χ4v) is 2.40. The van der Waals surface area contributed by atoms with E-state index in [1.54, 1.807) is 0 Å². The van der Waals surface area contributed by atoms with Gasteiger partial charge in [-0.2, -0.15) is 0 Å². The molecule has 4 unspecified atom stereocenters. The van der Waals surface area contributed by atoms with E-state index in [2.05, 4.69) is 17.6 Å². The second-order valence-electron chi connectivity index (χ2n) is 4.65. The molecule has 15 heavy (non-hydrogen) atoms. The highest BCUT2D eigenvalue weighted by molar-refractivity contribution is 5.79. The number of ether oxygens (including phenoxy) is 1. The second kappa shape index (κ2) is 4.49. The predicted octanol–water partition coefficient (Wildman–Crippen LogP) is 0.278. The van der Waals surface area contributed by atoms with Crippen LogP contribution in [0.25, 0.3) is 0 Å². The molecule has 0 aliphatic carbocycles. The lowest BCUT2D eigenvalue weighted by molar-refractivity contribution is -0.126. The molecule has 4 heteroatoms. The number of carbonyl (C=O) groups is 1. The van der Waals surface area contributed by atoms with Crippen LogP contribution in [0.1, 0.15) is 26.2 Å². The Balaban J connectivity index is 1.77. The molecule has 2 N–H and O–H groups in total. The Morgan fingerprint density at radius 2 is 2.33 bits per heavy atom. The quantitative estimate of drug-likeness (QED) is 0.703. The van der Waals surface area contributed by atoms with E-state index in [1.165, 1.54) is 0 Å². The van der Waals surface area contributed by atoms with Crippen molar-refractivity contribution in [1.82, 2.24) is 10.6 Å². The van der Waals surface area contributed by atoms with Crippen LogP contribution >= 0.6 is 0 Å². The summed E-state index contributed by atoms with van der Waals surface area (Å²) in [5, 5.41) is 6.08. The summed E-state index contributed by atoms with van der Waals surface area (Å²) >= 11 is 0. The van der Waals surface area contributed by atoms with Gasteiger partial charge < -0.3 is 15.4 Å². The molecule has 2 aliphatic heterocycles. The van der Waals surface area contributed by atoms with Gasteiger partial charge in [0.1, 0.15) is 0 Å². The molecule has 2 rings (SSSR count). The van der Waals surface area contributed by atoms with Gasteiger partial charge in [-0.15, -0.1) is 0 Å². The number of fused-ring (bicyclic) bond motifs is 2. The minimum absolute atomic E-state index is 0.104. The molecule has 0 spiro atoms. The average Bonchev–Trinajstić information content (AvgIpc) is 2.86. The summed E-state index contributed by atoms with van der Waals surface area (Å²) in [7, 11) is 1.90. The Morgan fingerprint density at radius 1 is 1.53 bits per heavy atom. The van der Waals surface area contributed by atoms with Gasteiger partial charge in [0.25, 0.3) is 0 Å². The second-order valence-corrected chi connectivity index (χ2v) is 4.65. The van der Waals surface area contributed by atoms with Gasteiger partial charge in [-0.25, -0.2) is 0 Å². The first-order valence-electron chi connectivity index (χ1n) is 5.81. The van der Waals surface area contributed by atoms with E-state index in [4.69, 9.17) is 4.74 Å². The molecule has 2 bridgehead atoms. The molecule has 2 aliphatic rings. The molecular weight excluding hydrogens is 192 g/mol. The lowest BCUT2D eigenvalue weighted by Crippen LogP contribution is -2.42. The van der Waals surface area contributed by atoms with Crippen LogP contribution in [0, 0.1) is 5.92 Å². The van der Waals surface area contributed by atoms with E-state index in [1.807, 2.05) is 7.05 Å². The molecule has 0 radical (unpaired) electrons. The van der Waals surface area contributed by atoms with Crippen LogP contribution in [-0.2, 0) is 9.53 Å². The lowest BCUT2D eigenvalue weighted by atomic mass is 9.88. The fraction of sp³-hybridized carbons (Fsp3) is 0.909. The van der Waals surface area contributed by atoms with E-state index in [9.17, 15) is 4.79 Å². The molecule has 4 atom stereocenters.